The van der Waals surface area contributed by atoms with Gasteiger partial charge in [-0.25, -0.2) is 0 Å². The smallest absolute Gasteiger partial charge is 0.254 e. The molecular weight excluding hydrogens is 410 g/mol. The average Bonchev–Trinajstić information content (AvgIpc) is 3.21. The number of halogens is 1. The number of hydrogen-bond donors (Lipinski definition) is 1. The molecule has 164 valence electrons. The maximum Gasteiger partial charge on any atom is 0.254 e. The van der Waals surface area contributed by atoms with E-state index in [-0.39, 0.29) is 24.2 Å². The maximum atomic E-state index is 13.2. The molecule has 3 aliphatic rings. The standard InChI is InChI=1S/C25H29N3O2.ClH/c1-26-24(29)18-7-5-17(6-8-18)19-9-10-23-20(15-19)11-14-28(25(23)30)22-12-13-27(16-22)21-3-2-4-21;/h5-10,15,21-22H,2-4,11-14,16H2,1H3,(H,26,29);1H/t22-;/m1./s1. The molecule has 2 aromatic rings. The monoisotopic (exact) mass is 439 g/mol. The van der Waals surface area contributed by atoms with E-state index in [9.17, 15) is 9.59 Å². The number of nitrogens with zero attached hydrogens (tertiary/aromatic N) is 2. The van der Waals surface area contributed by atoms with E-state index in [4.69, 9.17) is 0 Å². The van der Waals surface area contributed by atoms with E-state index in [1.807, 2.05) is 36.4 Å². The fraction of sp³-hybridized carbons (Fsp3) is 0.440. The molecule has 0 aromatic heterocycles. The van der Waals surface area contributed by atoms with Crippen LogP contribution in [0, 0.1) is 0 Å². The van der Waals surface area contributed by atoms with Crippen molar-refractivity contribution < 1.29 is 9.59 Å². The molecule has 0 unspecified atom stereocenters. The van der Waals surface area contributed by atoms with Gasteiger partial charge in [0.1, 0.15) is 0 Å². The number of benzene rings is 2. The van der Waals surface area contributed by atoms with Gasteiger partial charge in [-0.05, 0) is 60.6 Å². The highest BCUT2D eigenvalue weighted by Gasteiger charge is 2.37. The van der Waals surface area contributed by atoms with E-state index < -0.39 is 0 Å². The first kappa shape index (κ1) is 21.8. The molecule has 1 atom stereocenters. The molecule has 2 fully saturated rings. The molecule has 1 saturated carbocycles. The molecule has 5 rings (SSSR count). The summed E-state index contributed by atoms with van der Waals surface area (Å²) in [5.41, 5.74) is 4.80. The van der Waals surface area contributed by atoms with Crippen molar-refractivity contribution in [2.45, 2.75) is 44.2 Å². The van der Waals surface area contributed by atoms with Gasteiger partial charge in [0.2, 0.25) is 0 Å². The first-order valence-electron chi connectivity index (χ1n) is 11.1. The minimum Gasteiger partial charge on any atom is -0.355 e. The van der Waals surface area contributed by atoms with Crippen LogP contribution in [0.3, 0.4) is 0 Å². The van der Waals surface area contributed by atoms with Gasteiger partial charge in [-0.2, -0.15) is 0 Å². The summed E-state index contributed by atoms with van der Waals surface area (Å²) in [6.45, 7) is 2.99. The van der Waals surface area contributed by atoms with Gasteiger partial charge in [-0.1, -0.05) is 30.7 Å². The highest BCUT2D eigenvalue weighted by molar-refractivity contribution is 5.98. The van der Waals surface area contributed by atoms with Crippen molar-refractivity contribution in [2.75, 3.05) is 26.7 Å². The number of nitrogens with one attached hydrogen (secondary N) is 1. The van der Waals surface area contributed by atoms with Crippen LogP contribution in [0.1, 0.15) is 52.0 Å². The number of rotatable bonds is 4. The number of likely N-dealkylation sites (tertiary alicyclic amines) is 1. The predicted molar refractivity (Wildman–Crippen MR) is 125 cm³/mol. The van der Waals surface area contributed by atoms with Crippen molar-refractivity contribution in [2.24, 2.45) is 0 Å². The van der Waals surface area contributed by atoms with Crippen molar-refractivity contribution in [1.29, 1.82) is 0 Å². The summed E-state index contributed by atoms with van der Waals surface area (Å²) in [5.74, 6) is 0.110. The van der Waals surface area contributed by atoms with Crippen molar-refractivity contribution in [3.63, 3.8) is 0 Å². The molecule has 0 bridgehead atoms. The largest absolute Gasteiger partial charge is 0.355 e. The normalized spacial score (nSPS) is 21.3. The van der Waals surface area contributed by atoms with Gasteiger partial charge in [-0.15, -0.1) is 12.4 Å². The molecule has 31 heavy (non-hydrogen) atoms. The Balaban J connectivity index is 0.00000231. The van der Waals surface area contributed by atoms with Gasteiger partial charge in [0.25, 0.3) is 11.8 Å². The summed E-state index contributed by atoms with van der Waals surface area (Å²) in [6, 6.07) is 14.9. The fourth-order valence-corrected chi connectivity index (χ4v) is 5.10. The van der Waals surface area contributed by atoms with Gasteiger partial charge in [0.15, 0.2) is 0 Å². The van der Waals surface area contributed by atoms with Crippen LogP contribution in [-0.2, 0) is 6.42 Å². The Morgan fingerprint density at radius 2 is 1.71 bits per heavy atom. The van der Waals surface area contributed by atoms with E-state index >= 15 is 0 Å². The lowest BCUT2D eigenvalue weighted by Gasteiger charge is -2.37. The zero-order chi connectivity index (χ0) is 20.7. The SMILES string of the molecule is CNC(=O)c1ccc(-c2ccc3c(c2)CCN([C@@H]2CCN(C4CCC4)C2)C3=O)cc1.Cl. The minimum atomic E-state index is -0.0829. The molecule has 2 aromatic carbocycles. The van der Waals surface area contributed by atoms with Crippen molar-refractivity contribution in [3.05, 3.63) is 59.2 Å². The quantitative estimate of drug-likeness (QED) is 0.789. The predicted octanol–water partition coefficient (Wildman–Crippen LogP) is 3.76. The number of carbonyl (C=O) groups excluding carboxylic acids is 2. The lowest BCUT2D eigenvalue weighted by atomic mass is 9.92. The molecule has 5 nitrogen and oxygen atoms in total. The van der Waals surface area contributed by atoms with Crippen LogP contribution in [0.5, 0.6) is 0 Å². The van der Waals surface area contributed by atoms with E-state index in [1.54, 1.807) is 7.05 Å². The molecule has 1 saturated heterocycles. The van der Waals surface area contributed by atoms with E-state index in [1.165, 1.54) is 19.3 Å². The Morgan fingerprint density at radius 1 is 0.968 bits per heavy atom. The number of carbonyl (C=O) groups is 2. The molecule has 2 heterocycles. The molecule has 2 amide bonds. The van der Waals surface area contributed by atoms with E-state index in [0.717, 1.165) is 60.8 Å². The first-order chi connectivity index (χ1) is 14.6. The van der Waals surface area contributed by atoms with Crippen LogP contribution in [-0.4, -0.2) is 60.4 Å². The van der Waals surface area contributed by atoms with Crippen LogP contribution in [0.2, 0.25) is 0 Å². The second-order valence-electron chi connectivity index (χ2n) is 8.80. The third kappa shape index (κ3) is 4.09. The fourth-order valence-electron chi connectivity index (χ4n) is 5.10. The molecule has 1 aliphatic carbocycles. The van der Waals surface area contributed by atoms with Gasteiger partial charge in [0, 0.05) is 49.9 Å². The number of fused-ring (bicyclic) bond motifs is 1. The third-order valence-electron chi connectivity index (χ3n) is 7.15. The summed E-state index contributed by atoms with van der Waals surface area (Å²) >= 11 is 0. The zero-order valence-corrected chi connectivity index (χ0v) is 18.8. The molecule has 0 radical (unpaired) electrons. The van der Waals surface area contributed by atoms with Crippen molar-refractivity contribution in [3.8, 4) is 11.1 Å². The van der Waals surface area contributed by atoms with Crippen molar-refractivity contribution >= 4 is 24.2 Å². The number of hydrogen-bond acceptors (Lipinski definition) is 3. The third-order valence-corrected chi connectivity index (χ3v) is 7.15. The summed E-state index contributed by atoms with van der Waals surface area (Å²) in [4.78, 5) is 29.7. The van der Waals surface area contributed by atoms with Crippen molar-refractivity contribution in [1.82, 2.24) is 15.1 Å². The summed E-state index contributed by atoms with van der Waals surface area (Å²) in [7, 11) is 1.64. The lowest BCUT2D eigenvalue weighted by molar-refractivity contribution is 0.0646. The van der Waals surface area contributed by atoms with Crippen LogP contribution in [0.25, 0.3) is 11.1 Å². The average molecular weight is 440 g/mol. The Kier molecular flexibility index (Phi) is 6.35. The lowest BCUT2D eigenvalue weighted by Crippen LogP contribution is -2.47. The second kappa shape index (κ2) is 9.01. The van der Waals surface area contributed by atoms with Crippen LogP contribution in [0.4, 0.5) is 0 Å². The van der Waals surface area contributed by atoms with Gasteiger partial charge in [0.05, 0.1) is 0 Å². The Bertz CT molecular complexity index is 971. The molecule has 0 spiro atoms. The molecule has 1 N–H and O–H groups in total. The summed E-state index contributed by atoms with van der Waals surface area (Å²) in [6.07, 6.45) is 6.03. The zero-order valence-electron chi connectivity index (χ0n) is 18.0. The summed E-state index contributed by atoms with van der Waals surface area (Å²) in [5, 5.41) is 2.64. The Hall–Kier alpha value is -2.37. The maximum absolute atomic E-state index is 13.2. The van der Waals surface area contributed by atoms with E-state index in [2.05, 4.69) is 21.2 Å². The van der Waals surface area contributed by atoms with Crippen LogP contribution < -0.4 is 5.32 Å². The second-order valence-corrected chi connectivity index (χ2v) is 8.80. The summed E-state index contributed by atoms with van der Waals surface area (Å²) < 4.78 is 0. The Morgan fingerprint density at radius 3 is 2.39 bits per heavy atom. The molecule has 6 heteroatoms. The molecular formula is C25H30ClN3O2. The van der Waals surface area contributed by atoms with Gasteiger partial charge in [-0.3, -0.25) is 14.5 Å². The van der Waals surface area contributed by atoms with Crippen LogP contribution in [0.15, 0.2) is 42.5 Å². The highest BCUT2D eigenvalue weighted by atomic mass is 35.5. The Labute approximate surface area is 190 Å². The highest BCUT2D eigenvalue weighted by Crippen LogP contribution is 2.32. The number of amides is 2. The van der Waals surface area contributed by atoms with Crippen LogP contribution >= 0.6 is 12.4 Å². The van der Waals surface area contributed by atoms with Gasteiger partial charge >= 0.3 is 0 Å². The minimum absolute atomic E-state index is 0. The molecule has 2 aliphatic heterocycles. The van der Waals surface area contributed by atoms with E-state index in [0.29, 0.717) is 11.6 Å². The first-order valence-corrected chi connectivity index (χ1v) is 11.1. The topological polar surface area (TPSA) is 52.7 Å². The van der Waals surface area contributed by atoms with Gasteiger partial charge < -0.3 is 10.2 Å².